The lowest BCUT2D eigenvalue weighted by Gasteiger charge is -2.30. The van der Waals surface area contributed by atoms with Gasteiger partial charge >= 0.3 is 0 Å². The van der Waals surface area contributed by atoms with E-state index < -0.39 is 0 Å². The van der Waals surface area contributed by atoms with Crippen LogP contribution in [-0.2, 0) is 0 Å². The van der Waals surface area contributed by atoms with E-state index in [9.17, 15) is 0 Å². The Kier molecular flexibility index (Phi) is 4.79. The van der Waals surface area contributed by atoms with Crippen molar-refractivity contribution in [2.45, 2.75) is 65.3 Å². The minimum Gasteiger partial charge on any atom is -0.325 e. The summed E-state index contributed by atoms with van der Waals surface area (Å²) in [6, 6.07) is 0. The summed E-state index contributed by atoms with van der Waals surface area (Å²) >= 11 is 0. The van der Waals surface area contributed by atoms with Crippen LogP contribution < -0.4 is 5.73 Å². The second-order valence-corrected chi connectivity index (χ2v) is 5.93. The second-order valence-electron chi connectivity index (χ2n) is 5.93. The Morgan fingerprint density at radius 3 is 2.38 bits per heavy atom. The van der Waals surface area contributed by atoms with Gasteiger partial charge in [0.1, 0.15) is 0 Å². The number of allylic oxidation sites excluding steroid dienone is 4. The first-order chi connectivity index (χ1) is 7.39. The molecule has 92 valence electrons. The van der Waals surface area contributed by atoms with Crippen LogP contribution in [0.1, 0.15) is 59.8 Å². The van der Waals surface area contributed by atoms with Crippen LogP contribution in [0.2, 0.25) is 0 Å². The topological polar surface area (TPSA) is 26.0 Å². The van der Waals surface area contributed by atoms with Crippen molar-refractivity contribution in [2.75, 3.05) is 0 Å². The van der Waals surface area contributed by atoms with Gasteiger partial charge in [0.25, 0.3) is 0 Å². The van der Waals surface area contributed by atoms with Gasteiger partial charge in [0, 0.05) is 5.54 Å². The smallest absolute Gasteiger partial charge is 0.0128 e. The zero-order valence-electron chi connectivity index (χ0n) is 11.3. The molecule has 0 aliphatic heterocycles. The fraction of sp³-hybridized carbons (Fsp3) is 0.733. The van der Waals surface area contributed by atoms with Crippen molar-refractivity contribution < 1.29 is 0 Å². The summed E-state index contributed by atoms with van der Waals surface area (Å²) in [5, 5.41) is 0. The number of hydrogen-bond acceptors (Lipinski definition) is 1. The van der Waals surface area contributed by atoms with Crippen molar-refractivity contribution in [3.63, 3.8) is 0 Å². The van der Waals surface area contributed by atoms with Gasteiger partial charge in [0.05, 0.1) is 0 Å². The van der Waals surface area contributed by atoms with E-state index in [2.05, 4.69) is 39.8 Å². The highest BCUT2D eigenvalue weighted by atomic mass is 14.7. The molecule has 1 heteroatoms. The summed E-state index contributed by atoms with van der Waals surface area (Å²) in [5.41, 5.74) is 9.25. The molecule has 1 rings (SSSR count). The molecule has 0 amide bonds. The quantitative estimate of drug-likeness (QED) is 0.660. The summed E-state index contributed by atoms with van der Waals surface area (Å²) in [4.78, 5) is 0. The van der Waals surface area contributed by atoms with Gasteiger partial charge in [-0.05, 0) is 65.7 Å². The molecule has 0 spiro atoms. The molecule has 0 radical (unpaired) electrons. The Bertz CT molecular complexity index is 278. The van der Waals surface area contributed by atoms with Gasteiger partial charge in [0.2, 0.25) is 0 Å². The first-order valence-electron chi connectivity index (χ1n) is 6.49. The van der Waals surface area contributed by atoms with E-state index in [0.717, 1.165) is 6.42 Å². The molecule has 1 aliphatic carbocycles. The molecular weight excluding hydrogens is 194 g/mol. The first kappa shape index (κ1) is 13.5. The van der Waals surface area contributed by atoms with Crippen molar-refractivity contribution in [2.24, 2.45) is 11.7 Å². The van der Waals surface area contributed by atoms with E-state index in [1.807, 2.05) is 0 Å². The molecule has 0 heterocycles. The third kappa shape index (κ3) is 4.52. The van der Waals surface area contributed by atoms with Gasteiger partial charge < -0.3 is 5.73 Å². The van der Waals surface area contributed by atoms with Crippen LogP contribution in [0.3, 0.4) is 0 Å². The lowest BCUT2D eigenvalue weighted by Crippen LogP contribution is -2.40. The normalized spacial score (nSPS) is 24.7. The molecule has 0 aromatic heterocycles. The van der Waals surface area contributed by atoms with E-state index in [1.54, 1.807) is 0 Å². The third-order valence-electron chi connectivity index (χ3n) is 3.72. The highest BCUT2D eigenvalue weighted by Crippen LogP contribution is 2.27. The van der Waals surface area contributed by atoms with Crippen LogP contribution in [0.4, 0.5) is 0 Å². The highest BCUT2D eigenvalue weighted by Gasteiger charge is 2.23. The Labute approximate surface area is 101 Å². The van der Waals surface area contributed by atoms with Gasteiger partial charge in [-0.3, -0.25) is 0 Å². The van der Waals surface area contributed by atoms with Crippen LogP contribution >= 0.6 is 0 Å². The van der Waals surface area contributed by atoms with E-state index in [0.29, 0.717) is 5.92 Å². The fourth-order valence-electron chi connectivity index (χ4n) is 2.29. The Balaban J connectivity index is 2.75. The van der Waals surface area contributed by atoms with Crippen LogP contribution in [0.25, 0.3) is 0 Å². The minimum absolute atomic E-state index is 0.0593. The average Bonchev–Trinajstić information content (AvgIpc) is 2.15. The summed E-state index contributed by atoms with van der Waals surface area (Å²) in [5.74, 6) is 0.601. The van der Waals surface area contributed by atoms with Crippen LogP contribution in [0.5, 0.6) is 0 Å². The van der Waals surface area contributed by atoms with Gasteiger partial charge in [-0.2, -0.15) is 0 Å². The summed E-state index contributed by atoms with van der Waals surface area (Å²) in [7, 11) is 0. The molecule has 0 saturated carbocycles. The third-order valence-corrected chi connectivity index (χ3v) is 3.72. The van der Waals surface area contributed by atoms with Gasteiger partial charge in [-0.1, -0.05) is 23.3 Å². The molecule has 2 N–H and O–H groups in total. The van der Waals surface area contributed by atoms with Crippen LogP contribution in [0.15, 0.2) is 23.3 Å². The molecule has 1 aliphatic rings. The highest BCUT2D eigenvalue weighted by molar-refractivity contribution is 5.07. The molecule has 1 nitrogen and oxygen atoms in total. The standard InChI is InChI=1S/C15H27N/c1-12-6-5-7-13(2)9-11-14(10-8-12)15(3,4)16/h6,9,14H,5,7-8,10-11,16H2,1-4H3. The minimum atomic E-state index is -0.0593. The molecule has 0 aromatic carbocycles. The lowest BCUT2D eigenvalue weighted by molar-refractivity contribution is 0.303. The average molecular weight is 221 g/mol. The molecular formula is C15H27N. The molecule has 1 unspecified atom stereocenters. The van der Waals surface area contributed by atoms with Crippen LogP contribution in [0, 0.1) is 5.92 Å². The monoisotopic (exact) mass is 221 g/mol. The molecule has 0 aromatic rings. The van der Waals surface area contributed by atoms with E-state index in [4.69, 9.17) is 5.73 Å². The number of rotatable bonds is 1. The van der Waals surface area contributed by atoms with Crippen LogP contribution in [-0.4, -0.2) is 5.54 Å². The Hall–Kier alpha value is -0.560. The predicted molar refractivity (Wildman–Crippen MR) is 72.4 cm³/mol. The predicted octanol–water partition coefficient (Wildman–Crippen LogP) is 4.20. The molecule has 0 bridgehead atoms. The summed E-state index contributed by atoms with van der Waals surface area (Å²) in [6.45, 7) is 8.81. The fourth-order valence-corrected chi connectivity index (χ4v) is 2.29. The molecule has 0 fully saturated rings. The van der Waals surface area contributed by atoms with E-state index in [1.165, 1.54) is 36.8 Å². The van der Waals surface area contributed by atoms with Gasteiger partial charge in [-0.15, -0.1) is 0 Å². The zero-order valence-corrected chi connectivity index (χ0v) is 11.3. The van der Waals surface area contributed by atoms with Crippen molar-refractivity contribution in [3.05, 3.63) is 23.3 Å². The maximum Gasteiger partial charge on any atom is 0.0128 e. The number of hydrogen-bond donors (Lipinski definition) is 1. The van der Waals surface area contributed by atoms with Crippen molar-refractivity contribution >= 4 is 0 Å². The van der Waals surface area contributed by atoms with Gasteiger partial charge in [-0.25, -0.2) is 0 Å². The maximum absolute atomic E-state index is 6.26. The van der Waals surface area contributed by atoms with Crippen molar-refractivity contribution in [3.8, 4) is 0 Å². The summed E-state index contributed by atoms with van der Waals surface area (Å²) in [6.07, 6.45) is 10.8. The van der Waals surface area contributed by atoms with Crippen molar-refractivity contribution in [1.82, 2.24) is 0 Å². The van der Waals surface area contributed by atoms with E-state index >= 15 is 0 Å². The first-order valence-corrected chi connectivity index (χ1v) is 6.49. The molecule has 0 saturated heterocycles. The molecule has 16 heavy (non-hydrogen) atoms. The Morgan fingerprint density at radius 1 is 1.12 bits per heavy atom. The van der Waals surface area contributed by atoms with Gasteiger partial charge in [0.15, 0.2) is 0 Å². The zero-order chi connectivity index (χ0) is 12.2. The van der Waals surface area contributed by atoms with Crippen molar-refractivity contribution in [1.29, 1.82) is 0 Å². The molecule has 1 atom stereocenters. The maximum atomic E-state index is 6.26. The summed E-state index contributed by atoms with van der Waals surface area (Å²) < 4.78 is 0. The lowest BCUT2D eigenvalue weighted by atomic mass is 9.80. The SMILES string of the molecule is CC1=CCC(C(C)(C)N)CCC(C)=CCC1. The Morgan fingerprint density at radius 2 is 1.75 bits per heavy atom. The largest absolute Gasteiger partial charge is 0.325 e. The second kappa shape index (κ2) is 5.67. The number of nitrogens with two attached hydrogens (primary N) is 1. The van der Waals surface area contributed by atoms with E-state index in [-0.39, 0.29) is 5.54 Å².